The maximum atomic E-state index is 11.2. The van der Waals surface area contributed by atoms with Crippen LogP contribution in [0.5, 0.6) is 5.75 Å². The van der Waals surface area contributed by atoms with E-state index in [1.807, 2.05) is 24.3 Å². The van der Waals surface area contributed by atoms with Crippen LogP contribution in [-0.2, 0) is 9.59 Å². The smallest absolute Gasteiger partial charge is 0.255 e. The van der Waals surface area contributed by atoms with Gasteiger partial charge in [-0.05, 0) is 30.3 Å². The number of primary amides is 1. The molecule has 4 N–H and O–H groups in total. The van der Waals surface area contributed by atoms with Crippen molar-refractivity contribution in [2.75, 3.05) is 11.9 Å². The van der Waals surface area contributed by atoms with Crippen LogP contribution in [0.3, 0.4) is 0 Å². The number of benzene rings is 2. The topological polar surface area (TPSA) is 110 Å². The molecule has 2 aromatic carbocycles. The Morgan fingerprint density at radius 1 is 1.25 bits per heavy atom. The molecule has 0 spiro atoms. The summed E-state index contributed by atoms with van der Waals surface area (Å²) in [4.78, 5) is 22.1. The van der Waals surface area contributed by atoms with Gasteiger partial charge in [0.05, 0.1) is 5.52 Å². The van der Waals surface area contributed by atoms with E-state index in [0.717, 1.165) is 22.2 Å². The average Bonchev–Trinajstić information content (AvgIpc) is 2.95. The van der Waals surface area contributed by atoms with E-state index in [0.29, 0.717) is 11.4 Å². The Labute approximate surface area is 137 Å². The highest BCUT2D eigenvalue weighted by molar-refractivity contribution is 5.95. The Bertz CT molecular complexity index is 917. The zero-order chi connectivity index (χ0) is 17.1. The molecule has 0 aliphatic heterocycles. The van der Waals surface area contributed by atoms with Gasteiger partial charge in [0.1, 0.15) is 11.4 Å². The summed E-state index contributed by atoms with van der Waals surface area (Å²) in [6, 6.07) is 12.7. The molecule has 0 unspecified atom stereocenters. The number of rotatable bonds is 5. The predicted molar refractivity (Wildman–Crippen MR) is 90.5 cm³/mol. The number of hydrogen-bond donors (Lipinski definition) is 3. The molecule has 0 saturated carbocycles. The van der Waals surface area contributed by atoms with Crippen LogP contribution in [0.1, 0.15) is 6.92 Å². The molecule has 0 fully saturated rings. The van der Waals surface area contributed by atoms with Crippen molar-refractivity contribution < 1.29 is 14.3 Å². The molecule has 7 heteroatoms. The molecule has 0 radical (unpaired) electrons. The molecule has 1 heterocycles. The number of carbonyl (C=O) groups excluding carboxylic acids is 2. The van der Waals surface area contributed by atoms with Crippen molar-refractivity contribution >= 4 is 28.4 Å². The minimum absolute atomic E-state index is 0.138. The molecule has 0 aliphatic rings. The van der Waals surface area contributed by atoms with Crippen molar-refractivity contribution in [1.82, 2.24) is 10.2 Å². The van der Waals surface area contributed by atoms with E-state index >= 15 is 0 Å². The number of nitrogens with one attached hydrogen (secondary N) is 2. The molecule has 2 amide bonds. The summed E-state index contributed by atoms with van der Waals surface area (Å²) in [5, 5.41) is 10.9. The van der Waals surface area contributed by atoms with E-state index in [1.54, 1.807) is 18.2 Å². The quantitative estimate of drug-likeness (QED) is 0.667. The zero-order valence-corrected chi connectivity index (χ0v) is 13.0. The van der Waals surface area contributed by atoms with Crippen molar-refractivity contribution in [3.05, 3.63) is 42.5 Å². The molecule has 0 atom stereocenters. The Hall–Kier alpha value is -3.35. The number of anilines is 1. The van der Waals surface area contributed by atoms with Gasteiger partial charge in [-0.25, -0.2) is 0 Å². The second-order valence-electron chi connectivity index (χ2n) is 5.30. The van der Waals surface area contributed by atoms with E-state index in [-0.39, 0.29) is 12.5 Å². The summed E-state index contributed by atoms with van der Waals surface area (Å²) >= 11 is 0. The third-order valence-electron chi connectivity index (χ3n) is 3.37. The zero-order valence-electron chi connectivity index (χ0n) is 13.0. The number of fused-ring (bicyclic) bond motifs is 1. The Kier molecular flexibility index (Phi) is 4.15. The Morgan fingerprint density at radius 2 is 2.08 bits per heavy atom. The Balaban J connectivity index is 1.98. The highest BCUT2D eigenvalue weighted by Crippen LogP contribution is 2.30. The minimum atomic E-state index is -0.537. The second kappa shape index (κ2) is 6.41. The standard InChI is InChI=1S/C17H16N4O3/c1-10(22)19-12-4-2-3-11(7-12)17-14-8-13(24-9-16(18)23)5-6-15(14)20-21-17/h2-8H,9H2,1H3,(H2,18,23)(H,19,22)(H,20,21). The van der Waals surface area contributed by atoms with E-state index < -0.39 is 5.91 Å². The van der Waals surface area contributed by atoms with Gasteiger partial charge in [-0.2, -0.15) is 5.10 Å². The number of nitrogens with two attached hydrogens (primary N) is 1. The average molecular weight is 324 g/mol. The van der Waals surface area contributed by atoms with Gasteiger partial charge in [-0.3, -0.25) is 14.7 Å². The lowest BCUT2D eigenvalue weighted by molar-refractivity contribution is -0.120. The number of nitrogens with zero attached hydrogens (tertiary/aromatic N) is 1. The maximum absolute atomic E-state index is 11.2. The first-order valence-corrected chi connectivity index (χ1v) is 7.30. The molecule has 3 aromatic rings. The molecule has 0 bridgehead atoms. The first-order chi connectivity index (χ1) is 11.5. The van der Waals surface area contributed by atoms with Crippen LogP contribution in [0.25, 0.3) is 22.2 Å². The van der Waals surface area contributed by atoms with Gasteiger partial charge in [0.25, 0.3) is 5.91 Å². The molecule has 24 heavy (non-hydrogen) atoms. The molecule has 122 valence electrons. The largest absolute Gasteiger partial charge is 0.484 e. The predicted octanol–water partition coefficient (Wildman–Crippen LogP) is 2.05. The monoisotopic (exact) mass is 324 g/mol. The lowest BCUT2D eigenvalue weighted by Gasteiger charge is -2.06. The number of aromatic amines is 1. The van der Waals surface area contributed by atoms with Crippen LogP contribution in [-0.4, -0.2) is 28.6 Å². The third-order valence-corrected chi connectivity index (χ3v) is 3.37. The number of amides is 2. The second-order valence-corrected chi connectivity index (χ2v) is 5.30. The number of hydrogen-bond acceptors (Lipinski definition) is 4. The molecule has 1 aromatic heterocycles. The molecular formula is C17H16N4O3. The first kappa shape index (κ1) is 15.5. The van der Waals surface area contributed by atoms with Gasteiger partial charge in [-0.1, -0.05) is 12.1 Å². The van der Waals surface area contributed by atoms with Crippen molar-refractivity contribution in [3.63, 3.8) is 0 Å². The molecule has 3 rings (SSSR count). The van der Waals surface area contributed by atoms with E-state index in [2.05, 4.69) is 15.5 Å². The van der Waals surface area contributed by atoms with Crippen LogP contribution >= 0.6 is 0 Å². The van der Waals surface area contributed by atoms with Gasteiger partial charge in [0.15, 0.2) is 6.61 Å². The van der Waals surface area contributed by atoms with Crippen LogP contribution in [0.15, 0.2) is 42.5 Å². The van der Waals surface area contributed by atoms with Crippen molar-refractivity contribution in [2.24, 2.45) is 5.73 Å². The fraction of sp³-hybridized carbons (Fsp3) is 0.118. The minimum Gasteiger partial charge on any atom is -0.484 e. The van der Waals surface area contributed by atoms with E-state index in [1.165, 1.54) is 6.92 Å². The van der Waals surface area contributed by atoms with Crippen molar-refractivity contribution in [1.29, 1.82) is 0 Å². The van der Waals surface area contributed by atoms with Crippen LogP contribution < -0.4 is 15.8 Å². The summed E-state index contributed by atoms with van der Waals surface area (Å²) in [6.45, 7) is 1.27. The Morgan fingerprint density at radius 3 is 2.83 bits per heavy atom. The number of carbonyl (C=O) groups is 2. The highest BCUT2D eigenvalue weighted by atomic mass is 16.5. The van der Waals surface area contributed by atoms with Gasteiger partial charge in [0, 0.05) is 23.6 Å². The summed E-state index contributed by atoms with van der Waals surface area (Å²) in [5.41, 5.74) is 8.19. The van der Waals surface area contributed by atoms with Gasteiger partial charge in [-0.15, -0.1) is 0 Å². The van der Waals surface area contributed by atoms with Crippen LogP contribution in [0, 0.1) is 0 Å². The highest BCUT2D eigenvalue weighted by Gasteiger charge is 2.10. The van der Waals surface area contributed by atoms with Crippen LogP contribution in [0.2, 0.25) is 0 Å². The number of ether oxygens (including phenoxy) is 1. The molecule has 0 aliphatic carbocycles. The number of aromatic nitrogens is 2. The lowest BCUT2D eigenvalue weighted by atomic mass is 10.1. The van der Waals surface area contributed by atoms with Crippen molar-refractivity contribution in [3.8, 4) is 17.0 Å². The van der Waals surface area contributed by atoms with E-state index in [4.69, 9.17) is 10.5 Å². The molecule has 7 nitrogen and oxygen atoms in total. The SMILES string of the molecule is CC(=O)Nc1cccc(-c2n[nH]c3ccc(OCC(N)=O)cc23)c1. The van der Waals surface area contributed by atoms with Crippen LogP contribution in [0.4, 0.5) is 5.69 Å². The summed E-state index contributed by atoms with van der Waals surface area (Å²) in [6.07, 6.45) is 0. The van der Waals surface area contributed by atoms with Crippen molar-refractivity contribution in [2.45, 2.75) is 6.92 Å². The van der Waals surface area contributed by atoms with Gasteiger partial charge >= 0.3 is 0 Å². The summed E-state index contributed by atoms with van der Waals surface area (Å²) in [5.74, 6) is -0.145. The fourth-order valence-electron chi connectivity index (χ4n) is 2.40. The summed E-state index contributed by atoms with van der Waals surface area (Å²) < 4.78 is 5.34. The van der Waals surface area contributed by atoms with E-state index in [9.17, 15) is 9.59 Å². The summed E-state index contributed by atoms with van der Waals surface area (Å²) in [7, 11) is 0. The molecular weight excluding hydrogens is 308 g/mol. The number of H-pyrrole nitrogens is 1. The lowest BCUT2D eigenvalue weighted by Crippen LogP contribution is -2.19. The van der Waals surface area contributed by atoms with Gasteiger partial charge in [0.2, 0.25) is 5.91 Å². The maximum Gasteiger partial charge on any atom is 0.255 e. The third kappa shape index (κ3) is 3.35. The fourth-order valence-corrected chi connectivity index (χ4v) is 2.40. The molecule has 0 saturated heterocycles. The first-order valence-electron chi connectivity index (χ1n) is 7.30. The normalized spacial score (nSPS) is 10.5. The van der Waals surface area contributed by atoms with Gasteiger partial charge < -0.3 is 15.8 Å².